The predicted octanol–water partition coefficient (Wildman–Crippen LogP) is 0.988. The summed E-state index contributed by atoms with van der Waals surface area (Å²) in [6.07, 6.45) is 7.02. The average molecular weight is 276 g/mol. The number of aromatic amines is 1. The highest BCUT2D eigenvalue weighted by Gasteiger charge is 2.41. The molecule has 6 heteroatoms. The molecule has 2 fully saturated rings. The highest BCUT2D eigenvalue weighted by atomic mass is 16.2. The second-order valence-corrected chi connectivity index (χ2v) is 5.67. The summed E-state index contributed by atoms with van der Waals surface area (Å²) in [6, 6.07) is -0.475. The van der Waals surface area contributed by atoms with Gasteiger partial charge in [0.1, 0.15) is 11.9 Å². The van der Waals surface area contributed by atoms with Gasteiger partial charge in [0, 0.05) is 24.9 Å². The lowest BCUT2D eigenvalue weighted by molar-refractivity contribution is -0.139. The molecule has 0 radical (unpaired) electrons. The van der Waals surface area contributed by atoms with Gasteiger partial charge in [0.25, 0.3) is 0 Å². The zero-order valence-corrected chi connectivity index (χ0v) is 11.6. The van der Waals surface area contributed by atoms with Gasteiger partial charge >= 0.3 is 0 Å². The number of imidazole rings is 1. The Morgan fingerprint density at radius 1 is 1.45 bits per heavy atom. The number of hydrogen-bond donors (Lipinski definition) is 2. The first-order chi connectivity index (χ1) is 9.66. The van der Waals surface area contributed by atoms with E-state index in [-0.39, 0.29) is 29.8 Å². The molecule has 2 atom stereocenters. The molecule has 0 aromatic carbocycles. The van der Waals surface area contributed by atoms with Crippen molar-refractivity contribution in [3.05, 3.63) is 18.2 Å². The van der Waals surface area contributed by atoms with Gasteiger partial charge in [-0.2, -0.15) is 0 Å². The van der Waals surface area contributed by atoms with Crippen molar-refractivity contribution in [1.82, 2.24) is 20.2 Å². The van der Waals surface area contributed by atoms with Gasteiger partial charge in [0.15, 0.2) is 0 Å². The van der Waals surface area contributed by atoms with Gasteiger partial charge in [-0.15, -0.1) is 0 Å². The van der Waals surface area contributed by atoms with Crippen molar-refractivity contribution in [3.63, 3.8) is 0 Å². The van der Waals surface area contributed by atoms with E-state index in [1.807, 2.05) is 6.92 Å². The Bertz CT molecular complexity index is 495. The molecule has 1 aliphatic heterocycles. The summed E-state index contributed by atoms with van der Waals surface area (Å²) in [7, 11) is 0. The molecule has 2 amide bonds. The van der Waals surface area contributed by atoms with Gasteiger partial charge in [-0.05, 0) is 32.6 Å². The fourth-order valence-electron chi connectivity index (χ4n) is 2.76. The molecule has 0 spiro atoms. The monoisotopic (exact) mass is 276 g/mol. The summed E-state index contributed by atoms with van der Waals surface area (Å²) in [5.41, 5.74) is 0. The number of aromatic nitrogens is 2. The summed E-state index contributed by atoms with van der Waals surface area (Å²) in [6.45, 7) is 2.60. The molecule has 2 heterocycles. The molecule has 6 nitrogen and oxygen atoms in total. The van der Waals surface area contributed by atoms with E-state index in [0.717, 1.165) is 31.5 Å². The summed E-state index contributed by atoms with van der Waals surface area (Å²) in [5.74, 6) is 0.996. The third-order valence-corrected chi connectivity index (χ3v) is 4.05. The lowest BCUT2D eigenvalue weighted by Gasteiger charge is -2.25. The van der Waals surface area contributed by atoms with E-state index in [0.29, 0.717) is 6.54 Å². The van der Waals surface area contributed by atoms with Crippen molar-refractivity contribution in [3.8, 4) is 0 Å². The molecular weight excluding hydrogens is 256 g/mol. The second-order valence-electron chi connectivity index (χ2n) is 5.67. The normalized spacial score (nSPS) is 23.6. The number of carbonyl (C=O) groups is 2. The molecule has 20 heavy (non-hydrogen) atoms. The lowest BCUT2D eigenvalue weighted by Crippen LogP contribution is -2.47. The van der Waals surface area contributed by atoms with Gasteiger partial charge in [-0.1, -0.05) is 0 Å². The number of nitrogens with one attached hydrogen (secondary N) is 2. The minimum Gasteiger partial charge on any atom is -0.347 e. The maximum Gasteiger partial charge on any atom is 0.243 e. The number of rotatable bonds is 4. The van der Waals surface area contributed by atoms with E-state index in [9.17, 15) is 9.59 Å². The van der Waals surface area contributed by atoms with Crippen molar-refractivity contribution in [2.45, 2.75) is 44.7 Å². The van der Waals surface area contributed by atoms with Gasteiger partial charge in [-0.25, -0.2) is 4.98 Å². The van der Waals surface area contributed by atoms with Gasteiger partial charge in [0.2, 0.25) is 11.8 Å². The van der Waals surface area contributed by atoms with Crippen LogP contribution in [0.15, 0.2) is 12.4 Å². The quantitative estimate of drug-likeness (QED) is 0.860. The van der Waals surface area contributed by atoms with E-state index >= 15 is 0 Å². The van der Waals surface area contributed by atoms with Crippen molar-refractivity contribution in [2.75, 3.05) is 6.54 Å². The van der Waals surface area contributed by atoms with Crippen LogP contribution in [0.2, 0.25) is 0 Å². The zero-order chi connectivity index (χ0) is 14.1. The van der Waals surface area contributed by atoms with Gasteiger partial charge < -0.3 is 15.2 Å². The second kappa shape index (κ2) is 5.26. The van der Waals surface area contributed by atoms with Gasteiger partial charge in [-0.3, -0.25) is 9.59 Å². The van der Waals surface area contributed by atoms with Gasteiger partial charge in [0.05, 0.1) is 6.04 Å². The molecule has 3 rings (SSSR count). The predicted molar refractivity (Wildman–Crippen MR) is 72.6 cm³/mol. The first-order valence-corrected chi connectivity index (χ1v) is 7.27. The van der Waals surface area contributed by atoms with Crippen molar-refractivity contribution in [2.24, 2.45) is 5.92 Å². The van der Waals surface area contributed by atoms with Crippen LogP contribution in [0.25, 0.3) is 0 Å². The molecule has 1 aliphatic carbocycles. The third kappa shape index (κ3) is 2.55. The Morgan fingerprint density at radius 3 is 2.90 bits per heavy atom. The Hall–Kier alpha value is -1.85. The smallest absolute Gasteiger partial charge is 0.243 e. The van der Waals surface area contributed by atoms with Crippen LogP contribution in [0.3, 0.4) is 0 Å². The van der Waals surface area contributed by atoms with Crippen LogP contribution >= 0.6 is 0 Å². The molecule has 0 bridgehead atoms. The van der Waals surface area contributed by atoms with Crippen LogP contribution in [-0.2, 0) is 9.59 Å². The van der Waals surface area contributed by atoms with Crippen LogP contribution in [0.5, 0.6) is 0 Å². The number of carbonyl (C=O) groups excluding carboxylic acids is 2. The molecule has 1 aromatic rings. The van der Waals surface area contributed by atoms with E-state index in [4.69, 9.17) is 0 Å². The fourth-order valence-corrected chi connectivity index (χ4v) is 2.76. The molecule has 1 aromatic heterocycles. The van der Waals surface area contributed by atoms with E-state index in [1.54, 1.807) is 17.3 Å². The van der Waals surface area contributed by atoms with E-state index in [1.165, 1.54) is 0 Å². The molecule has 1 saturated heterocycles. The Labute approximate surface area is 117 Å². The topological polar surface area (TPSA) is 78.1 Å². The van der Waals surface area contributed by atoms with Crippen LogP contribution in [-0.4, -0.2) is 39.3 Å². The first-order valence-electron chi connectivity index (χ1n) is 7.27. The molecule has 2 N–H and O–H groups in total. The number of nitrogens with zero attached hydrogens (tertiary/aromatic N) is 2. The Balaban J connectivity index is 1.62. The van der Waals surface area contributed by atoms with E-state index in [2.05, 4.69) is 15.3 Å². The molecule has 1 saturated carbocycles. The summed E-state index contributed by atoms with van der Waals surface area (Å²) in [4.78, 5) is 33.4. The summed E-state index contributed by atoms with van der Waals surface area (Å²) >= 11 is 0. The molecule has 2 unspecified atom stereocenters. The van der Waals surface area contributed by atoms with Crippen molar-refractivity contribution in [1.29, 1.82) is 0 Å². The zero-order valence-electron chi connectivity index (χ0n) is 11.6. The standard InChI is InChI=1S/C14H20N4O2/c1-9(12-15-6-7-16-12)17-13(19)11-3-2-8-18(11)14(20)10-4-5-10/h6-7,9-11H,2-5,8H2,1H3,(H,15,16)(H,17,19). The Morgan fingerprint density at radius 2 is 2.25 bits per heavy atom. The number of likely N-dealkylation sites (tertiary alicyclic amines) is 1. The summed E-state index contributed by atoms with van der Waals surface area (Å²) < 4.78 is 0. The van der Waals surface area contributed by atoms with E-state index < -0.39 is 0 Å². The number of amides is 2. The maximum absolute atomic E-state index is 12.4. The van der Waals surface area contributed by atoms with Crippen molar-refractivity contribution < 1.29 is 9.59 Å². The van der Waals surface area contributed by atoms with Crippen LogP contribution in [0.4, 0.5) is 0 Å². The molecule has 108 valence electrons. The van der Waals surface area contributed by atoms with Crippen LogP contribution < -0.4 is 5.32 Å². The highest BCUT2D eigenvalue weighted by Crippen LogP contribution is 2.33. The lowest BCUT2D eigenvalue weighted by atomic mass is 10.2. The summed E-state index contributed by atoms with van der Waals surface area (Å²) in [5, 5.41) is 2.94. The fraction of sp³-hybridized carbons (Fsp3) is 0.643. The maximum atomic E-state index is 12.4. The minimum absolute atomic E-state index is 0.0691. The average Bonchev–Trinajstić information content (AvgIpc) is 2.96. The highest BCUT2D eigenvalue weighted by molar-refractivity contribution is 5.90. The van der Waals surface area contributed by atoms with Crippen LogP contribution in [0, 0.1) is 5.92 Å². The molecule has 2 aliphatic rings. The largest absolute Gasteiger partial charge is 0.347 e. The SMILES string of the molecule is CC(NC(=O)C1CCCN1C(=O)C1CC1)c1ncc[nH]1. The van der Waals surface area contributed by atoms with Crippen molar-refractivity contribution >= 4 is 11.8 Å². The third-order valence-electron chi connectivity index (χ3n) is 4.05. The Kier molecular flexibility index (Phi) is 3.46. The molecular formula is C14H20N4O2. The minimum atomic E-state index is -0.305. The number of H-pyrrole nitrogens is 1. The van der Waals surface area contributed by atoms with Crippen LogP contribution in [0.1, 0.15) is 44.5 Å². The first kappa shape index (κ1) is 13.1. The number of hydrogen-bond acceptors (Lipinski definition) is 3.